The summed E-state index contributed by atoms with van der Waals surface area (Å²) in [5.41, 5.74) is 6.78. The smallest absolute Gasteiger partial charge is 0.342 e. The molecule has 0 atom stereocenters. The first-order valence-electron chi connectivity index (χ1n) is 3.96. The number of nitrogens with two attached hydrogens (primary N) is 1. The van der Waals surface area contributed by atoms with E-state index >= 15 is 0 Å². The maximum absolute atomic E-state index is 11.3. The third-order valence-electron chi connectivity index (χ3n) is 2.17. The van der Waals surface area contributed by atoms with Crippen molar-refractivity contribution in [3.8, 4) is 0 Å². The summed E-state index contributed by atoms with van der Waals surface area (Å²) in [4.78, 5) is 15.3. The standard InChI is InChI=1S/C7H9N5OS/c1-3-4(8)9-7(14)12-5(3)11(2)6(13)10-12/h1-2H3,(H,10,13)(H2,8,9,14). The summed E-state index contributed by atoms with van der Waals surface area (Å²) in [5.74, 6) is 0.351. The van der Waals surface area contributed by atoms with Crippen LogP contribution in [0.15, 0.2) is 4.79 Å². The van der Waals surface area contributed by atoms with Crippen molar-refractivity contribution < 1.29 is 0 Å². The van der Waals surface area contributed by atoms with Crippen LogP contribution in [0.3, 0.4) is 0 Å². The number of anilines is 1. The van der Waals surface area contributed by atoms with Crippen molar-refractivity contribution in [2.75, 3.05) is 5.73 Å². The molecule has 7 heteroatoms. The third kappa shape index (κ3) is 0.987. The van der Waals surface area contributed by atoms with E-state index in [4.69, 9.17) is 18.0 Å². The number of rotatable bonds is 0. The molecule has 2 aromatic rings. The molecule has 6 nitrogen and oxygen atoms in total. The van der Waals surface area contributed by atoms with Crippen molar-refractivity contribution in [1.82, 2.24) is 19.2 Å². The Morgan fingerprint density at radius 2 is 2.21 bits per heavy atom. The Hall–Kier alpha value is -1.63. The molecule has 74 valence electrons. The van der Waals surface area contributed by atoms with E-state index in [2.05, 4.69) is 10.1 Å². The molecule has 0 aliphatic carbocycles. The molecule has 2 aromatic heterocycles. The van der Waals surface area contributed by atoms with Crippen molar-refractivity contribution in [3.05, 3.63) is 20.8 Å². The lowest BCUT2D eigenvalue weighted by Crippen LogP contribution is -2.12. The fraction of sp³-hybridized carbons (Fsp3) is 0.286. The van der Waals surface area contributed by atoms with Gasteiger partial charge in [-0.2, -0.15) is 0 Å². The number of aryl methyl sites for hydroxylation is 2. The van der Waals surface area contributed by atoms with Crippen molar-refractivity contribution in [3.63, 3.8) is 0 Å². The molecule has 0 fully saturated rings. The summed E-state index contributed by atoms with van der Waals surface area (Å²) in [5, 5.41) is 2.56. The molecule has 0 aliphatic rings. The fourth-order valence-electron chi connectivity index (χ4n) is 1.38. The van der Waals surface area contributed by atoms with Gasteiger partial charge in [0.05, 0.1) is 0 Å². The first kappa shape index (κ1) is 8.95. The topological polar surface area (TPSA) is 81.1 Å². The van der Waals surface area contributed by atoms with Crippen LogP contribution in [-0.2, 0) is 7.05 Å². The number of H-pyrrole nitrogens is 1. The van der Waals surface area contributed by atoms with E-state index in [9.17, 15) is 4.79 Å². The predicted octanol–water partition coefficient (Wildman–Crippen LogP) is -0.0188. The summed E-state index contributed by atoms with van der Waals surface area (Å²) < 4.78 is 3.15. The zero-order chi connectivity index (χ0) is 10.5. The lowest BCUT2D eigenvalue weighted by Gasteiger charge is -2.02. The molecule has 2 rings (SSSR count). The highest BCUT2D eigenvalue weighted by Crippen LogP contribution is 2.12. The van der Waals surface area contributed by atoms with Crippen LogP contribution in [0, 0.1) is 11.7 Å². The molecular weight excluding hydrogens is 202 g/mol. The highest BCUT2D eigenvalue weighted by Gasteiger charge is 2.09. The molecule has 0 spiro atoms. The SMILES string of the molecule is Cc1c(N)nc(=S)n2[nH]c(=O)n(C)c12. The van der Waals surface area contributed by atoms with Gasteiger partial charge in [0.2, 0.25) is 4.77 Å². The summed E-state index contributed by atoms with van der Waals surface area (Å²) in [6.45, 7) is 1.79. The maximum atomic E-state index is 11.3. The number of hydrogen-bond donors (Lipinski definition) is 2. The summed E-state index contributed by atoms with van der Waals surface area (Å²) in [6, 6.07) is 0. The van der Waals surface area contributed by atoms with Crippen LogP contribution in [0.1, 0.15) is 5.56 Å². The van der Waals surface area contributed by atoms with Gasteiger partial charge in [0, 0.05) is 12.6 Å². The van der Waals surface area contributed by atoms with Crippen molar-refractivity contribution in [1.29, 1.82) is 0 Å². The lowest BCUT2D eigenvalue weighted by atomic mass is 10.3. The van der Waals surface area contributed by atoms with Crippen molar-refractivity contribution in [2.24, 2.45) is 7.05 Å². The van der Waals surface area contributed by atoms with E-state index in [-0.39, 0.29) is 10.5 Å². The average Bonchev–Trinajstić information content (AvgIpc) is 2.41. The maximum Gasteiger partial charge on any atom is 0.342 e. The average molecular weight is 211 g/mol. The Kier molecular flexibility index (Phi) is 1.71. The van der Waals surface area contributed by atoms with Crippen LogP contribution in [-0.4, -0.2) is 19.2 Å². The minimum atomic E-state index is -0.244. The van der Waals surface area contributed by atoms with Crippen LogP contribution in [0.2, 0.25) is 0 Å². The number of nitrogens with one attached hydrogen (secondary N) is 1. The van der Waals surface area contributed by atoms with Crippen molar-refractivity contribution in [2.45, 2.75) is 6.92 Å². The molecule has 0 unspecified atom stereocenters. The van der Waals surface area contributed by atoms with E-state index in [1.165, 1.54) is 9.08 Å². The van der Waals surface area contributed by atoms with Gasteiger partial charge in [0.1, 0.15) is 11.5 Å². The van der Waals surface area contributed by atoms with Crippen LogP contribution >= 0.6 is 12.2 Å². The zero-order valence-electron chi connectivity index (χ0n) is 7.74. The van der Waals surface area contributed by atoms with Gasteiger partial charge in [0.25, 0.3) is 0 Å². The van der Waals surface area contributed by atoms with Gasteiger partial charge in [-0.05, 0) is 19.1 Å². The number of nitrogens with zero attached hydrogens (tertiary/aromatic N) is 3. The van der Waals surface area contributed by atoms with Crippen LogP contribution in [0.25, 0.3) is 5.65 Å². The van der Waals surface area contributed by atoms with Crippen LogP contribution in [0.4, 0.5) is 5.82 Å². The molecule has 3 N–H and O–H groups in total. The second-order valence-corrected chi connectivity index (χ2v) is 3.40. The molecule has 2 heterocycles. The predicted molar refractivity (Wildman–Crippen MR) is 54.8 cm³/mol. The van der Waals surface area contributed by atoms with Gasteiger partial charge >= 0.3 is 5.69 Å². The minimum absolute atomic E-state index is 0.244. The minimum Gasteiger partial charge on any atom is -0.383 e. The van der Waals surface area contributed by atoms with E-state index in [1.54, 1.807) is 14.0 Å². The lowest BCUT2D eigenvalue weighted by molar-refractivity contribution is 0.869. The van der Waals surface area contributed by atoms with Gasteiger partial charge in [0.15, 0.2) is 0 Å². The van der Waals surface area contributed by atoms with Crippen LogP contribution in [0.5, 0.6) is 0 Å². The Morgan fingerprint density at radius 1 is 1.57 bits per heavy atom. The highest BCUT2D eigenvalue weighted by atomic mass is 32.1. The van der Waals surface area contributed by atoms with E-state index in [1.807, 2.05) is 0 Å². The number of hydrogen-bond acceptors (Lipinski definition) is 4. The van der Waals surface area contributed by atoms with Gasteiger partial charge in [-0.3, -0.25) is 4.57 Å². The third-order valence-corrected chi connectivity index (χ3v) is 2.44. The first-order chi connectivity index (χ1) is 6.52. The Labute approximate surface area is 84.0 Å². The Morgan fingerprint density at radius 3 is 2.86 bits per heavy atom. The van der Waals surface area contributed by atoms with Gasteiger partial charge < -0.3 is 5.73 Å². The van der Waals surface area contributed by atoms with Crippen LogP contribution < -0.4 is 11.4 Å². The normalized spacial score (nSPS) is 11.0. The van der Waals surface area contributed by atoms with E-state index < -0.39 is 0 Å². The quantitative estimate of drug-likeness (QED) is 0.600. The number of aromatic amines is 1. The molecule has 0 radical (unpaired) electrons. The molecule has 0 bridgehead atoms. The molecule has 0 aromatic carbocycles. The molecule has 0 aliphatic heterocycles. The first-order valence-corrected chi connectivity index (χ1v) is 4.37. The fourth-order valence-corrected chi connectivity index (χ4v) is 1.61. The Bertz CT molecular complexity index is 619. The van der Waals surface area contributed by atoms with Gasteiger partial charge in [-0.1, -0.05) is 0 Å². The number of fused-ring (bicyclic) bond motifs is 1. The van der Waals surface area contributed by atoms with Gasteiger partial charge in [-0.15, -0.1) is 0 Å². The molecule has 14 heavy (non-hydrogen) atoms. The van der Waals surface area contributed by atoms with Gasteiger partial charge in [-0.25, -0.2) is 19.4 Å². The van der Waals surface area contributed by atoms with E-state index in [0.29, 0.717) is 11.5 Å². The summed E-state index contributed by atoms with van der Waals surface area (Å²) in [7, 11) is 1.65. The summed E-state index contributed by atoms with van der Waals surface area (Å²) >= 11 is 4.96. The number of aromatic nitrogens is 4. The van der Waals surface area contributed by atoms with E-state index in [0.717, 1.165) is 5.56 Å². The largest absolute Gasteiger partial charge is 0.383 e. The number of nitrogen functional groups attached to an aromatic ring is 1. The Balaban J connectivity index is 3.19. The second kappa shape index (κ2) is 2.68. The molecule has 0 saturated heterocycles. The summed E-state index contributed by atoms with van der Waals surface area (Å²) in [6.07, 6.45) is 0. The molecule has 0 amide bonds. The van der Waals surface area contributed by atoms with Crippen molar-refractivity contribution >= 4 is 23.7 Å². The monoisotopic (exact) mass is 211 g/mol. The molecular formula is C7H9N5OS. The molecule has 0 saturated carbocycles. The zero-order valence-corrected chi connectivity index (χ0v) is 8.55. The highest BCUT2D eigenvalue weighted by molar-refractivity contribution is 7.71. The second-order valence-electron chi connectivity index (χ2n) is 3.04.